The number of amides is 1. The van der Waals surface area contributed by atoms with Crippen LogP contribution in [0, 0.1) is 23.7 Å². The summed E-state index contributed by atoms with van der Waals surface area (Å²) in [5.41, 5.74) is 5.76. The lowest BCUT2D eigenvalue weighted by Gasteiger charge is -2.29. The number of carboxylic acid groups (broad SMARTS) is 1. The van der Waals surface area contributed by atoms with Crippen LogP contribution in [0.25, 0.3) is 0 Å². The summed E-state index contributed by atoms with van der Waals surface area (Å²) in [4.78, 5) is 26.1. The van der Waals surface area contributed by atoms with E-state index in [-0.39, 0.29) is 23.7 Å². The van der Waals surface area contributed by atoms with Crippen molar-refractivity contribution in [1.29, 1.82) is 0 Å². The van der Waals surface area contributed by atoms with Gasteiger partial charge in [-0.2, -0.15) is 0 Å². The van der Waals surface area contributed by atoms with E-state index in [1.165, 1.54) is 0 Å². The van der Waals surface area contributed by atoms with Crippen LogP contribution in [0.3, 0.4) is 0 Å². The van der Waals surface area contributed by atoms with E-state index in [0.717, 1.165) is 38.5 Å². The molecular weight excluding hydrogens is 256 g/mol. The van der Waals surface area contributed by atoms with Crippen molar-refractivity contribution in [2.24, 2.45) is 29.4 Å². The largest absolute Gasteiger partial charge is 0.480 e. The second-order valence-electron chi connectivity index (χ2n) is 6.66. The average molecular weight is 280 g/mol. The van der Waals surface area contributed by atoms with Crippen LogP contribution in [0.15, 0.2) is 0 Å². The Morgan fingerprint density at radius 1 is 1.15 bits per heavy atom. The Morgan fingerprint density at radius 3 is 2.60 bits per heavy atom. The molecule has 1 saturated heterocycles. The molecule has 5 atom stereocenters. The van der Waals surface area contributed by atoms with Crippen LogP contribution in [-0.4, -0.2) is 41.0 Å². The maximum atomic E-state index is 12.8. The normalized spacial score (nSPS) is 40.0. The molecule has 3 fully saturated rings. The van der Waals surface area contributed by atoms with Crippen LogP contribution < -0.4 is 5.73 Å². The fourth-order valence-electron chi connectivity index (χ4n) is 4.71. The van der Waals surface area contributed by atoms with Crippen LogP contribution in [0.4, 0.5) is 0 Å². The Balaban J connectivity index is 1.78. The van der Waals surface area contributed by atoms with Gasteiger partial charge in [0.1, 0.15) is 6.04 Å². The van der Waals surface area contributed by atoms with Crippen molar-refractivity contribution in [3.63, 3.8) is 0 Å². The SMILES string of the molecule is NCC1CCCC1C(=O)N1CC2CCCC2C1C(=O)O. The fraction of sp³-hybridized carbons (Fsp3) is 0.867. The smallest absolute Gasteiger partial charge is 0.326 e. The molecule has 3 aliphatic rings. The molecule has 0 spiro atoms. The van der Waals surface area contributed by atoms with Gasteiger partial charge in [-0.25, -0.2) is 4.79 Å². The molecule has 5 unspecified atom stereocenters. The van der Waals surface area contributed by atoms with Crippen molar-refractivity contribution in [3.05, 3.63) is 0 Å². The summed E-state index contributed by atoms with van der Waals surface area (Å²) < 4.78 is 0. The highest BCUT2D eigenvalue weighted by Gasteiger charge is 2.51. The Labute approximate surface area is 119 Å². The lowest BCUT2D eigenvalue weighted by molar-refractivity contribution is -0.151. The van der Waals surface area contributed by atoms with Gasteiger partial charge >= 0.3 is 5.97 Å². The molecule has 0 bridgehead atoms. The molecule has 1 aliphatic heterocycles. The minimum absolute atomic E-state index is 0.0410. The molecule has 2 aliphatic carbocycles. The third kappa shape index (κ3) is 2.12. The molecule has 1 amide bonds. The Hall–Kier alpha value is -1.10. The number of nitrogens with two attached hydrogens (primary N) is 1. The molecule has 5 nitrogen and oxygen atoms in total. The molecule has 5 heteroatoms. The van der Waals surface area contributed by atoms with Gasteiger partial charge in [-0.15, -0.1) is 0 Å². The van der Waals surface area contributed by atoms with Gasteiger partial charge in [0.15, 0.2) is 0 Å². The molecule has 3 N–H and O–H groups in total. The maximum absolute atomic E-state index is 12.8. The molecule has 0 aromatic rings. The van der Waals surface area contributed by atoms with Crippen LogP contribution in [-0.2, 0) is 9.59 Å². The zero-order chi connectivity index (χ0) is 14.3. The highest BCUT2D eigenvalue weighted by molar-refractivity contribution is 5.86. The Kier molecular flexibility index (Phi) is 3.71. The predicted octanol–water partition coefficient (Wildman–Crippen LogP) is 1.07. The van der Waals surface area contributed by atoms with Crippen molar-refractivity contribution in [2.45, 2.75) is 44.6 Å². The molecular formula is C15H24N2O3. The number of aliphatic carboxylic acids is 1. The van der Waals surface area contributed by atoms with Crippen LogP contribution in [0.1, 0.15) is 38.5 Å². The topological polar surface area (TPSA) is 83.6 Å². The lowest BCUT2D eigenvalue weighted by Crippen LogP contribution is -2.47. The summed E-state index contributed by atoms with van der Waals surface area (Å²) in [6.07, 6.45) is 6.05. The maximum Gasteiger partial charge on any atom is 0.326 e. The summed E-state index contributed by atoms with van der Waals surface area (Å²) in [6, 6.07) is -0.589. The predicted molar refractivity (Wildman–Crippen MR) is 73.9 cm³/mol. The lowest BCUT2D eigenvalue weighted by atomic mass is 9.92. The first-order valence-electron chi connectivity index (χ1n) is 7.86. The van der Waals surface area contributed by atoms with Gasteiger partial charge in [-0.1, -0.05) is 12.8 Å². The van der Waals surface area contributed by atoms with Crippen molar-refractivity contribution < 1.29 is 14.7 Å². The summed E-state index contributed by atoms with van der Waals surface area (Å²) >= 11 is 0. The quantitative estimate of drug-likeness (QED) is 0.810. The average Bonchev–Trinajstić information content (AvgIpc) is 3.11. The zero-order valence-corrected chi connectivity index (χ0v) is 11.8. The van der Waals surface area contributed by atoms with Gasteiger partial charge in [-0.3, -0.25) is 4.79 Å². The van der Waals surface area contributed by atoms with Crippen molar-refractivity contribution in [3.8, 4) is 0 Å². The number of rotatable bonds is 3. The fourth-order valence-corrected chi connectivity index (χ4v) is 4.71. The molecule has 0 aromatic heterocycles. The summed E-state index contributed by atoms with van der Waals surface area (Å²) in [6.45, 7) is 1.18. The molecule has 0 aromatic carbocycles. The van der Waals surface area contributed by atoms with Gasteiger partial charge in [0, 0.05) is 12.5 Å². The monoisotopic (exact) mass is 280 g/mol. The summed E-state index contributed by atoms with van der Waals surface area (Å²) in [5.74, 6) is 0.0137. The van der Waals surface area contributed by atoms with E-state index in [4.69, 9.17) is 5.73 Å². The standard InChI is InChI=1S/C15H24N2O3/c16-7-9-3-1-6-12(9)14(18)17-8-10-4-2-5-11(10)13(17)15(19)20/h9-13H,1-8,16H2,(H,19,20). The third-order valence-electron chi connectivity index (χ3n) is 5.71. The van der Waals surface area contributed by atoms with E-state index in [1.54, 1.807) is 4.90 Å². The van der Waals surface area contributed by atoms with Crippen LogP contribution in [0.2, 0.25) is 0 Å². The minimum Gasteiger partial charge on any atom is -0.480 e. The van der Waals surface area contributed by atoms with Gasteiger partial charge in [-0.05, 0) is 50.0 Å². The molecule has 3 rings (SSSR count). The first kappa shape index (κ1) is 13.9. The third-order valence-corrected chi connectivity index (χ3v) is 5.71. The number of carbonyl (C=O) groups excluding carboxylic acids is 1. The van der Waals surface area contributed by atoms with E-state index in [1.807, 2.05) is 0 Å². The van der Waals surface area contributed by atoms with E-state index in [2.05, 4.69) is 0 Å². The van der Waals surface area contributed by atoms with Crippen molar-refractivity contribution >= 4 is 11.9 Å². The van der Waals surface area contributed by atoms with E-state index in [0.29, 0.717) is 19.0 Å². The molecule has 112 valence electrons. The summed E-state index contributed by atoms with van der Waals surface area (Å²) in [7, 11) is 0. The number of carboxylic acids is 1. The second kappa shape index (κ2) is 5.35. The van der Waals surface area contributed by atoms with E-state index in [9.17, 15) is 14.7 Å². The van der Waals surface area contributed by atoms with E-state index >= 15 is 0 Å². The van der Waals surface area contributed by atoms with Gasteiger partial charge < -0.3 is 15.7 Å². The van der Waals surface area contributed by atoms with E-state index < -0.39 is 12.0 Å². The first-order valence-corrected chi connectivity index (χ1v) is 7.86. The van der Waals surface area contributed by atoms with Crippen LogP contribution in [0.5, 0.6) is 0 Å². The van der Waals surface area contributed by atoms with Crippen molar-refractivity contribution in [1.82, 2.24) is 4.90 Å². The number of hydrogen-bond acceptors (Lipinski definition) is 3. The molecule has 1 heterocycles. The highest BCUT2D eigenvalue weighted by Crippen LogP contribution is 2.44. The minimum atomic E-state index is -0.824. The first-order chi connectivity index (χ1) is 9.63. The number of nitrogens with zero attached hydrogens (tertiary/aromatic N) is 1. The zero-order valence-electron chi connectivity index (χ0n) is 11.8. The number of hydrogen-bond donors (Lipinski definition) is 2. The summed E-state index contributed by atoms with van der Waals surface area (Å²) in [5, 5.41) is 9.53. The Morgan fingerprint density at radius 2 is 1.90 bits per heavy atom. The molecule has 0 radical (unpaired) electrons. The van der Waals surface area contributed by atoms with Gasteiger partial charge in [0.25, 0.3) is 0 Å². The van der Waals surface area contributed by atoms with Gasteiger partial charge in [0.05, 0.1) is 0 Å². The number of fused-ring (bicyclic) bond motifs is 1. The van der Waals surface area contributed by atoms with Gasteiger partial charge in [0.2, 0.25) is 5.91 Å². The molecule has 20 heavy (non-hydrogen) atoms. The molecule has 2 saturated carbocycles. The Bertz CT molecular complexity index is 412. The van der Waals surface area contributed by atoms with Crippen LogP contribution >= 0.6 is 0 Å². The number of likely N-dealkylation sites (tertiary alicyclic amines) is 1. The highest BCUT2D eigenvalue weighted by atomic mass is 16.4. The second-order valence-corrected chi connectivity index (χ2v) is 6.66. The van der Waals surface area contributed by atoms with Crippen molar-refractivity contribution in [2.75, 3.05) is 13.1 Å². The number of carbonyl (C=O) groups is 2.